The van der Waals surface area contributed by atoms with E-state index < -0.39 is 0 Å². The van der Waals surface area contributed by atoms with E-state index in [1.54, 1.807) is 0 Å². The van der Waals surface area contributed by atoms with Crippen LogP contribution in [0.15, 0.2) is 140 Å². The summed E-state index contributed by atoms with van der Waals surface area (Å²) < 4.78 is 2.44. The maximum atomic E-state index is 2.45. The van der Waals surface area contributed by atoms with E-state index in [9.17, 15) is 0 Å². The Balaban J connectivity index is 1.60. The normalized spacial score (nSPS) is 11.3. The van der Waals surface area contributed by atoms with Crippen LogP contribution < -0.4 is 9.80 Å². The first-order valence-electron chi connectivity index (χ1n) is 16.2. The minimum absolute atomic E-state index is 1.01. The van der Waals surface area contributed by atoms with Gasteiger partial charge in [-0.1, -0.05) is 80.1 Å². The third-order valence-corrected chi connectivity index (χ3v) is 10.4. The largest absolute Gasteiger partial charge is 0.309 e. The standard InChI is InChI=1S/C43H36I2N2/c1-4-30-11-19-34(20-12-30)46(36-23-15-32(44)16-24-36)42-38-8-6-7-9-39(38)43(41-28-29(3)10-27-40(41)42)47(37-25-17-33(45)18-26-37)35-21-13-31(5-2)14-22-35/h6-28H,4-5H2,1-3H3. The highest BCUT2D eigenvalue weighted by Crippen LogP contribution is 2.51. The number of aryl methyl sites for hydroxylation is 3. The predicted molar refractivity (Wildman–Crippen MR) is 220 cm³/mol. The van der Waals surface area contributed by atoms with Gasteiger partial charge in [-0.3, -0.25) is 0 Å². The molecule has 232 valence electrons. The molecule has 0 fully saturated rings. The fourth-order valence-corrected chi connectivity index (χ4v) is 7.20. The molecule has 0 aliphatic heterocycles. The van der Waals surface area contributed by atoms with Gasteiger partial charge in [0.1, 0.15) is 0 Å². The van der Waals surface area contributed by atoms with Crippen LogP contribution in [0.3, 0.4) is 0 Å². The van der Waals surface area contributed by atoms with Crippen molar-refractivity contribution in [3.8, 4) is 0 Å². The molecule has 4 heteroatoms. The number of hydrogen-bond donors (Lipinski definition) is 0. The SMILES string of the molecule is CCc1ccc(N(c2ccc(I)cc2)c2c3ccccc3c(N(c3ccc(I)cc3)c3ccc(CC)cc3)c3cc(C)ccc23)cc1. The molecule has 7 rings (SSSR count). The van der Waals surface area contributed by atoms with Gasteiger partial charge in [0, 0.05) is 51.4 Å². The van der Waals surface area contributed by atoms with E-state index in [0.29, 0.717) is 0 Å². The smallest absolute Gasteiger partial charge is 0.0620 e. The Morgan fingerprint density at radius 3 is 1.19 bits per heavy atom. The zero-order valence-corrected chi connectivity index (χ0v) is 31.2. The number of rotatable bonds is 8. The molecule has 0 N–H and O–H groups in total. The number of halogens is 2. The molecule has 0 aliphatic rings. The van der Waals surface area contributed by atoms with Gasteiger partial charge in [-0.05, 0) is 155 Å². The van der Waals surface area contributed by atoms with Crippen LogP contribution in [-0.2, 0) is 12.8 Å². The highest BCUT2D eigenvalue weighted by molar-refractivity contribution is 14.1. The van der Waals surface area contributed by atoms with Crippen LogP contribution in [0, 0.1) is 14.1 Å². The van der Waals surface area contributed by atoms with Crippen molar-refractivity contribution in [3.63, 3.8) is 0 Å². The average Bonchev–Trinajstić information content (AvgIpc) is 3.11. The summed E-state index contributed by atoms with van der Waals surface area (Å²) >= 11 is 4.79. The molecule has 0 saturated heterocycles. The van der Waals surface area contributed by atoms with E-state index in [4.69, 9.17) is 0 Å². The highest BCUT2D eigenvalue weighted by Gasteiger charge is 2.25. The van der Waals surface area contributed by atoms with Crippen LogP contribution in [0.25, 0.3) is 21.5 Å². The van der Waals surface area contributed by atoms with Crippen LogP contribution in [0.4, 0.5) is 34.1 Å². The second-order valence-corrected chi connectivity index (χ2v) is 14.4. The number of fused-ring (bicyclic) bond motifs is 2. The maximum Gasteiger partial charge on any atom is 0.0620 e. The molecule has 0 unspecified atom stereocenters. The fourth-order valence-electron chi connectivity index (χ4n) is 6.48. The van der Waals surface area contributed by atoms with Crippen LogP contribution >= 0.6 is 45.2 Å². The molecule has 47 heavy (non-hydrogen) atoms. The predicted octanol–water partition coefficient (Wildman–Crippen LogP) is 13.6. The Bertz CT molecular complexity index is 2170. The van der Waals surface area contributed by atoms with E-state index >= 15 is 0 Å². The highest BCUT2D eigenvalue weighted by atomic mass is 127. The second-order valence-electron chi connectivity index (χ2n) is 12.0. The van der Waals surface area contributed by atoms with Gasteiger partial charge in [-0.2, -0.15) is 0 Å². The molecule has 0 saturated carbocycles. The van der Waals surface area contributed by atoms with Crippen LogP contribution in [0.5, 0.6) is 0 Å². The quantitative estimate of drug-likeness (QED) is 0.0855. The van der Waals surface area contributed by atoms with E-state index in [2.05, 4.69) is 215 Å². The lowest BCUT2D eigenvalue weighted by Gasteiger charge is -2.33. The summed E-state index contributed by atoms with van der Waals surface area (Å²) in [6.07, 6.45) is 2.02. The summed E-state index contributed by atoms with van der Waals surface area (Å²) in [5, 5.41) is 4.85. The van der Waals surface area contributed by atoms with Crippen molar-refractivity contribution < 1.29 is 0 Å². The molecule has 7 aromatic rings. The number of nitrogens with zero attached hydrogens (tertiary/aromatic N) is 2. The summed E-state index contributed by atoms with van der Waals surface area (Å²) in [6, 6.07) is 51.8. The maximum absolute atomic E-state index is 2.45. The minimum Gasteiger partial charge on any atom is -0.309 e. The first kappa shape index (κ1) is 31.7. The monoisotopic (exact) mass is 834 g/mol. The first-order valence-corrected chi connectivity index (χ1v) is 18.3. The summed E-state index contributed by atoms with van der Waals surface area (Å²) in [4.78, 5) is 4.90. The van der Waals surface area contributed by atoms with Gasteiger partial charge < -0.3 is 9.80 Å². The van der Waals surface area contributed by atoms with Gasteiger partial charge in [0.15, 0.2) is 0 Å². The van der Waals surface area contributed by atoms with Gasteiger partial charge in [0.05, 0.1) is 11.4 Å². The fraction of sp³-hybridized carbons (Fsp3) is 0.116. The number of hydrogen-bond acceptors (Lipinski definition) is 2. The minimum atomic E-state index is 1.01. The van der Waals surface area contributed by atoms with Gasteiger partial charge in [-0.25, -0.2) is 0 Å². The first-order chi connectivity index (χ1) is 22.9. The van der Waals surface area contributed by atoms with Crippen molar-refractivity contribution in [1.29, 1.82) is 0 Å². The molecule has 0 radical (unpaired) electrons. The van der Waals surface area contributed by atoms with Crippen LogP contribution in [0.2, 0.25) is 0 Å². The zero-order chi connectivity index (χ0) is 32.5. The van der Waals surface area contributed by atoms with Gasteiger partial charge in [0.2, 0.25) is 0 Å². The lowest BCUT2D eigenvalue weighted by atomic mass is 9.94. The molecule has 0 atom stereocenters. The van der Waals surface area contributed by atoms with E-state index in [1.807, 2.05) is 0 Å². The lowest BCUT2D eigenvalue weighted by Crippen LogP contribution is -2.15. The van der Waals surface area contributed by atoms with Crippen LogP contribution in [-0.4, -0.2) is 0 Å². The number of anilines is 6. The molecule has 7 aromatic carbocycles. The molecule has 0 aromatic heterocycles. The van der Waals surface area contributed by atoms with Crippen molar-refractivity contribution in [2.24, 2.45) is 0 Å². The Kier molecular flexibility index (Phi) is 9.24. The molecule has 0 amide bonds. The summed E-state index contributed by atoms with van der Waals surface area (Å²) in [6.45, 7) is 6.62. The van der Waals surface area contributed by atoms with Crippen molar-refractivity contribution >= 4 is 101 Å². The Morgan fingerprint density at radius 1 is 0.426 bits per heavy atom. The van der Waals surface area contributed by atoms with Crippen molar-refractivity contribution in [3.05, 3.63) is 163 Å². The molecule has 0 aliphatic carbocycles. The summed E-state index contributed by atoms with van der Waals surface area (Å²) in [7, 11) is 0. The van der Waals surface area contributed by atoms with Gasteiger partial charge >= 0.3 is 0 Å². The van der Waals surface area contributed by atoms with E-state index in [1.165, 1.54) is 56.8 Å². The lowest BCUT2D eigenvalue weighted by molar-refractivity contribution is 1.14. The third-order valence-electron chi connectivity index (χ3n) is 8.95. The Labute approximate surface area is 305 Å². The molecule has 0 spiro atoms. The van der Waals surface area contributed by atoms with Crippen molar-refractivity contribution in [1.82, 2.24) is 0 Å². The molecule has 0 bridgehead atoms. The summed E-state index contributed by atoms with van der Waals surface area (Å²) in [5.41, 5.74) is 10.8. The second kappa shape index (κ2) is 13.7. The van der Waals surface area contributed by atoms with Gasteiger partial charge in [0.25, 0.3) is 0 Å². The summed E-state index contributed by atoms with van der Waals surface area (Å²) in [5.74, 6) is 0. The number of benzene rings is 7. The zero-order valence-electron chi connectivity index (χ0n) is 26.8. The Hall–Kier alpha value is -3.88. The molecular weight excluding hydrogens is 798 g/mol. The van der Waals surface area contributed by atoms with E-state index in [0.717, 1.165) is 35.6 Å². The van der Waals surface area contributed by atoms with Crippen LogP contribution in [0.1, 0.15) is 30.5 Å². The molecule has 0 heterocycles. The van der Waals surface area contributed by atoms with Gasteiger partial charge in [-0.15, -0.1) is 0 Å². The van der Waals surface area contributed by atoms with Crippen molar-refractivity contribution in [2.75, 3.05) is 9.80 Å². The molecule has 2 nitrogen and oxygen atoms in total. The average molecular weight is 835 g/mol. The Morgan fingerprint density at radius 2 is 0.787 bits per heavy atom. The third kappa shape index (κ3) is 6.25. The topological polar surface area (TPSA) is 6.48 Å². The van der Waals surface area contributed by atoms with Crippen molar-refractivity contribution in [2.45, 2.75) is 33.6 Å². The molecular formula is C43H36I2N2. The van der Waals surface area contributed by atoms with E-state index in [-0.39, 0.29) is 0 Å².